The quantitative estimate of drug-likeness (QED) is 0.692. The number of benzene rings is 1. The summed E-state index contributed by atoms with van der Waals surface area (Å²) in [5, 5.41) is 1.26. The molecule has 4 aliphatic rings. The van der Waals surface area contributed by atoms with Gasteiger partial charge in [0, 0.05) is 56.0 Å². The molecule has 3 fully saturated rings. The van der Waals surface area contributed by atoms with Crippen molar-refractivity contribution in [2.75, 3.05) is 54.1 Å². The van der Waals surface area contributed by atoms with Crippen molar-refractivity contribution in [3.05, 3.63) is 35.5 Å². The third-order valence-electron chi connectivity index (χ3n) is 7.82. The van der Waals surface area contributed by atoms with E-state index in [-0.39, 0.29) is 12.0 Å². The highest BCUT2D eigenvalue weighted by molar-refractivity contribution is 5.91. The number of hydrogen-bond donors (Lipinski definition) is 1. The summed E-state index contributed by atoms with van der Waals surface area (Å²) in [5.41, 5.74) is 2.97. The Morgan fingerprint density at radius 2 is 2.13 bits per heavy atom. The van der Waals surface area contributed by atoms with E-state index in [1.165, 1.54) is 17.4 Å². The smallest absolute Gasteiger partial charge is 0.319 e. The van der Waals surface area contributed by atoms with Crippen LogP contribution in [0.25, 0.3) is 10.9 Å². The van der Waals surface area contributed by atoms with Crippen LogP contribution in [-0.2, 0) is 26.1 Å². The molecular formula is C25H35N3O3. The maximum absolute atomic E-state index is 14.0. The second kappa shape index (κ2) is 8.23. The second-order valence-electron chi connectivity index (χ2n) is 9.97. The van der Waals surface area contributed by atoms with Gasteiger partial charge in [-0.15, -0.1) is 0 Å². The number of para-hydroxylation sites is 1. The topological polar surface area (TPSA) is 57.8 Å². The van der Waals surface area contributed by atoms with Gasteiger partial charge in [-0.2, -0.15) is 0 Å². The second-order valence-corrected chi connectivity index (χ2v) is 9.97. The van der Waals surface area contributed by atoms with Crippen LogP contribution in [-0.4, -0.2) is 80.8 Å². The van der Waals surface area contributed by atoms with Gasteiger partial charge in [0.1, 0.15) is 12.0 Å². The first kappa shape index (κ1) is 21.0. The largest absolute Gasteiger partial charge is 0.464 e. The third kappa shape index (κ3) is 3.40. The number of rotatable bonds is 7. The van der Waals surface area contributed by atoms with Gasteiger partial charge >= 0.3 is 5.97 Å². The number of fused-ring (bicyclic) bond motifs is 4. The normalized spacial score (nSPS) is 31.6. The van der Waals surface area contributed by atoms with Crippen molar-refractivity contribution in [2.45, 2.75) is 37.1 Å². The van der Waals surface area contributed by atoms with Gasteiger partial charge in [0.15, 0.2) is 0 Å². The van der Waals surface area contributed by atoms with Crippen LogP contribution in [0, 0.1) is 11.8 Å². The van der Waals surface area contributed by atoms with E-state index < -0.39 is 5.41 Å². The number of esters is 1. The van der Waals surface area contributed by atoms with Gasteiger partial charge in [-0.25, -0.2) is 0 Å². The summed E-state index contributed by atoms with van der Waals surface area (Å²) in [6.07, 6.45) is 4.05. The summed E-state index contributed by atoms with van der Waals surface area (Å²) in [5.74, 6) is 0.933. The van der Waals surface area contributed by atoms with Crippen molar-refractivity contribution in [2.24, 2.45) is 11.8 Å². The van der Waals surface area contributed by atoms with Crippen LogP contribution < -0.4 is 0 Å². The van der Waals surface area contributed by atoms with E-state index >= 15 is 0 Å². The first-order valence-electron chi connectivity index (χ1n) is 11.7. The molecule has 6 heteroatoms. The molecule has 3 aliphatic heterocycles. The van der Waals surface area contributed by atoms with Crippen LogP contribution in [0.3, 0.4) is 0 Å². The zero-order chi connectivity index (χ0) is 21.6. The average molecular weight is 426 g/mol. The lowest BCUT2D eigenvalue weighted by atomic mass is 9.56. The molecule has 1 aromatic carbocycles. The van der Waals surface area contributed by atoms with E-state index in [9.17, 15) is 4.79 Å². The Morgan fingerprint density at radius 1 is 1.29 bits per heavy atom. The zero-order valence-corrected chi connectivity index (χ0v) is 19.0. The van der Waals surface area contributed by atoms with Gasteiger partial charge in [0.25, 0.3) is 0 Å². The molecule has 0 spiro atoms. The fraction of sp³-hybridized carbons (Fsp3) is 0.640. The first-order valence-corrected chi connectivity index (χ1v) is 11.7. The monoisotopic (exact) mass is 425 g/mol. The van der Waals surface area contributed by atoms with Crippen LogP contribution in [0.15, 0.2) is 24.3 Å². The van der Waals surface area contributed by atoms with Gasteiger partial charge in [-0.3, -0.25) is 9.69 Å². The maximum Gasteiger partial charge on any atom is 0.319 e. The molecule has 5 atom stereocenters. The zero-order valence-electron chi connectivity index (χ0n) is 19.0. The van der Waals surface area contributed by atoms with Crippen LogP contribution in [0.4, 0.5) is 0 Å². The lowest BCUT2D eigenvalue weighted by molar-refractivity contribution is -0.166. The molecule has 6 rings (SSSR count). The Bertz CT molecular complexity index is 955. The number of aromatic amines is 1. The predicted molar refractivity (Wildman–Crippen MR) is 121 cm³/mol. The number of ether oxygens (including phenoxy) is 2. The number of aromatic nitrogens is 1. The summed E-state index contributed by atoms with van der Waals surface area (Å²) in [7, 11) is 5.80. The number of carbonyl (C=O) groups is 1. The lowest BCUT2D eigenvalue weighted by Crippen LogP contribution is -2.67. The molecule has 6 nitrogen and oxygen atoms in total. The van der Waals surface area contributed by atoms with E-state index in [1.807, 2.05) is 14.1 Å². The van der Waals surface area contributed by atoms with E-state index in [1.54, 1.807) is 7.11 Å². The van der Waals surface area contributed by atoms with Crippen molar-refractivity contribution in [1.29, 1.82) is 0 Å². The minimum absolute atomic E-state index is 0.0362. The number of piperidine rings is 2. The molecule has 1 aliphatic carbocycles. The van der Waals surface area contributed by atoms with Gasteiger partial charge in [0.05, 0.1) is 0 Å². The Balaban J connectivity index is 1.62. The first-order chi connectivity index (χ1) is 15.0. The third-order valence-corrected chi connectivity index (χ3v) is 7.82. The molecule has 2 aromatic rings. The number of nitrogens with zero attached hydrogens (tertiary/aromatic N) is 2. The van der Waals surface area contributed by atoms with E-state index in [0.29, 0.717) is 18.4 Å². The Labute approximate surface area is 184 Å². The highest BCUT2D eigenvalue weighted by atomic mass is 16.5. The van der Waals surface area contributed by atoms with Crippen LogP contribution >= 0.6 is 0 Å². The van der Waals surface area contributed by atoms with Crippen LogP contribution in [0.5, 0.6) is 0 Å². The lowest BCUT2D eigenvalue weighted by Gasteiger charge is -2.58. The minimum Gasteiger partial charge on any atom is -0.464 e. The number of carbonyl (C=O) groups excluding carboxylic acids is 1. The number of hydrogen-bond acceptors (Lipinski definition) is 5. The van der Waals surface area contributed by atoms with Crippen LogP contribution in [0.1, 0.15) is 30.5 Å². The molecule has 1 saturated carbocycles. The summed E-state index contributed by atoms with van der Waals surface area (Å²) in [6.45, 7) is 4.03. The van der Waals surface area contributed by atoms with Gasteiger partial charge in [-0.05, 0) is 63.2 Å². The number of H-pyrrole nitrogens is 1. The SMILES string of the molecule is COCC[C@H]1C[C@H]2CN3CCc4c([nH]c5ccccc45)[C@](C(=O)OCCN(C)C)(C2)[C@H]13. The van der Waals surface area contributed by atoms with Crippen LogP contribution in [0.2, 0.25) is 0 Å². The van der Waals surface area contributed by atoms with Crippen molar-refractivity contribution in [3.8, 4) is 0 Å². The van der Waals surface area contributed by atoms with E-state index in [2.05, 4.69) is 39.0 Å². The molecule has 4 heterocycles. The minimum atomic E-state index is -0.614. The Morgan fingerprint density at radius 3 is 2.94 bits per heavy atom. The molecule has 2 saturated heterocycles. The highest BCUT2D eigenvalue weighted by Crippen LogP contribution is 2.55. The average Bonchev–Trinajstić information content (AvgIpc) is 3.10. The molecule has 4 bridgehead atoms. The number of methoxy groups -OCH3 is 1. The number of likely N-dealkylation sites (N-methyl/N-ethyl adjacent to an activating group) is 1. The predicted octanol–water partition coefficient (Wildman–Crippen LogP) is 2.81. The highest BCUT2D eigenvalue weighted by Gasteiger charge is 2.63. The van der Waals surface area contributed by atoms with E-state index in [4.69, 9.17) is 9.47 Å². The number of nitrogens with one attached hydrogen (secondary N) is 1. The molecule has 1 N–H and O–H groups in total. The summed E-state index contributed by atoms with van der Waals surface area (Å²) in [6, 6.07) is 8.68. The van der Waals surface area contributed by atoms with Crippen molar-refractivity contribution in [1.82, 2.24) is 14.8 Å². The molecule has 0 radical (unpaired) electrons. The van der Waals surface area contributed by atoms with Crippen molar-refractivity contribution < 1.29 is 14.3 Å². The van der Waals surface area contributed by atoms with Crippen molar-refractivity contribution in [3.63, 3.8) is 0 Å². The molecule has 31 heavy (non-hydrogen) atoms. The fourth-order valence-corrected chi connectivity index (χ4v) is 6.69. The Hall–Kier alpha value is -1.89. The molecule has 1 unspecified atom stereocenters. The van der Waals surface area contributed by atoms with Gasteiger partial charge in [-0.1, -0.05) is 18.2 Å². The summed E-state index contributed by atoms with van der Waals surface area (Å²) >= 11 is 0. The summed E-state index contributed by atoms with van der Waals surface area (Å²) in [4.78, 5) is 22.4. The molecule has 168 valence electrons. The standard InChI is InChI=1S/C25H35N3O3/c1-27(2)11-13-31-24(29)25-15-17-14-18(9-12-30-3)23(25)28(16-17)10-8-20-19-6-4-5-7-21(19)26-22(20)25/h4-7,17-18,23,26H,8-16H2,1-3H3/t17-,18+,23+,25-/m1/s1. The van der Waals surface area contributed by atoms with E-state index in [0.717, 1.165) is 56.7 Å². The van der Waals surface area contributed by atoms with Gasteiger partial charge < -0.3 is 19.4 Å². The fourth-order valence-electron chi connectivity index (χ4n) is 6.69. The van der Waals surface area contributed by atoms with Gasteiger partial charge in [0.2, 0.25) is 0 Å². The molecule has 1 aromatic heterocycles. The summed E-state index contributed by atoms with van der Waals surface area (Å²) < 4.78 is 11.5. The van der Waals surface area contributed by atoms with Crippen molar-refractivity contribution >= 4 is 16.9 Å². The maximum atomic E-state index is 14.0. The Kier molecular flexibility index (Phi) is 5.57. The molecule has 0 amide bonds. The molecular weight excluding hydrogens is 390 g/mol.